The van der Waals surface area contributed by atoms with Gasteiger partial charge in [-0.3, -0.25) is 5.10 Å². The van der Waals surface area contributed by atoms with Gasteiger partial charge in [-0.05, 0) is 54.6 Å². The summed E-state index contributed by atoms with van der Waals surface area (Å²) in [5.41, 5.74) is 3.51. The maximum Gasteiger partial charge on any atom is 0.226 e. The van der Waals surface area contributed by atoms with E-state index in [0.717, 1.165) is 33.6 Å². The Kier molecular flexibility index (Phi) is 4.45. The number of nitrogens with one attached hydrogen (secondary N) is 4. The number of anilines is 4. The number of hydrogen-bond donors (Lipinski definition) is 4. The molecule has 0 saturated heterocycles. The lowest BCUT2D eigenvalue weighted by Gasteiger charge is -2.09. The highest BCUT2D eigenvalue weighted by atomic mass is 16.5. The van der Waals surface area contributed by atoms with Crippen molar-refractivity contribution in [1.29, 1.82) is 0 Å². The third kappa shape index (κ3) is 3.51. The summed E-state index contributed by atoms with van der Waals surface area (Å²) in [4.78, 5) is 7.67. The number of aromatic amines is 2. The normalized spacial score (nSPS) is 10.8. The number of aromatic nitrogens is 6. The Morgan fingerprint density at radius 2 is 1.80 bits per heavy atom. The molecule has 148 valence electrons. The van der Waals surface area contributed by atoms with Crippen LogP contribution in [0.4, 0.5) is 23.1 Å². The van der Waals surface area contributed by atoms with Crippen LogP contribution in [0.15, 0.2) is 67.0 Å². The van der Waals surface area contributed by atoms with E-state index in [4.69, 9.17) is 4.74 Å². The lowest BCUT2D eigenvalue weighted by molar-refractivity contribution is 0.415. The maximum atomic E-state index is 5.18. The minimum Gasteiger partial charge on any atom is -0.497 e. The molecule has 0 amide bonds. The zero-order valence-electron chi connectivity index (χ0n) is 16.0. The standard InChI is InChI=1S/C21H18N8O/c1-30-16-8-6-14(7-9-16)25-21-26-20(28-29-21)17-3-2-10-22-19(17)24-15-5-4-13-12-23-27-18(13)11-15/h2-12H,1H3,(H,22,24)(H,23,27)(H2,25,26,28,29). The molecular formula is C21H18N8O. The first-order chi connectivity index (χ1) is 14.8. The van der Waals surface area contributed by atoms with Crippen LogP contribution >= 0.6 is 0 Å². The zero-order chi connectivity index (χ0) is 20.3. The van der Waals surface area contributed by atoms with Crippen molar-refractivity contribution in [1.82, 2.24) is 30.4 Å². The second-order valence-corrected chi connectivity index (χ2v) is 6.57. The average Bonchev–Trinajstić information content (AvgIpc) is 3.44. The molecule has 0 aliphatic rings. The SMILES string of the molecule is COc1ccc(Nc2nnc(-c3cccnc3Nc3ccc4cn[nH]c4c3)[nH]2)cc1. The quantitative estimate of drug-likeness (QED) is 0.338. The van der Waals surface area contributed by atoms with Gasteiger partial charge in [0.05, 0.1) is 24.4 Å². The van der Waals surface area contributed by atoms with Gasteiger partial charge in [-0.2, -0.15) is 5.10 Å². The number of H-pyrrole nitrogens is 2. The van der Waals surface area contributed by atoms with Crippen molar-refractivity contribution in [3.05, 3.63) is 67.0 Å². The third-order valence-corrected chi connectivity index (χ3v) is 4.61. The summed E-state index contributed by atoms with van der Waals surface area (Å²) in [5, 5.41) is 23.1. The molecule has 0 atom stereocenters. The number of benzene rings is 2. The van der Waals surface area contributed by atoms with Crippen LogP contribution in [0.1, 0.15) is 0 Å². The molecule has 0 aliphatic carbocycles. The Balaban J connectivity index is 1.39. The summed E-state index contributed by atoms with van der Waals surface area (Å²) in [6.07, 6.45) is 3.52. The molecule has 0 bridgehead atoms. The van der Waals surface area contributed by atoms with Gasteiger partial charge in [0.2, 0.25) is 5.95 Å². The number of rotatable bonds is 6. The lowest BCUT2D eigenvalue weighted by atomic mass is 10.2. The smallest absolute Gasteiger partial charge is 0.226 e. The van der Waals surface area contributed by atoms with E-state index in [1.54, 1.807) is 19.5 Å². The van der Waals surface area contributed by atoms with Crippen LogP contribution in [0.5, 0.6) is 5.75 Å². The Morgan fingerprint density at radius 1 is 0.933 bits per heavy atom. The fraction of sp³-hybridized carbons (Fsp3) is 0.0476. The van der Waals surface area contributed by atoms with Crippen molar-refractivity contribution in [2.75, 3.05) is 17.7 Å². The van der Waals surface area contributed by atoms with Gasteiger partial charge in [0.25, 0.3) is 0 Å². The lowest BCUT2D eigenvalue weighted by Crippen LogP contribution is -1.97. The minimum absolute atomic E-state index is 0.531. The fourth-order valence-electron chi connectivity index (χ4n) is 3.10. The molecule has 2 aromatic carbocycles. The molecule has 0 saturated carbocycles. The van der Waals surface area contributed by atoms with E-state index in [9.17, 15) is 0 Å². The summed E-state index contributed by atoms with van der Waals surface area (Å²) in [6, 6.07) is 17.3. The number of ether oxygens (including phenoxy) is 1. The van der Waals surface area contributed by atoms with Gasteiger partial charge in [0.1, 0.15) is 11.6 Å². The first-order valence-corrected chi connectivity index (χ1v) is 9.28. The van der Waals surface area contributed by atoms with Crippen molar-refractivity contribution in [3.63, 3.8) is 0 Å². The molecule has 0 fully saturated rings. The van der Waals surface area contributed by atoms with E-state index in [0.29, 0.717) is 17.6 Å². The molecule has 5 aromatic rings. The Hall–Kier alpha value is -4.40. The molecule has 0 radical (unpaired) electrons. The largest absolute Gasteiger partial charge is 0.497 e. The Morgan fingerprint density at radius 3 is 2.67 bits per heavy atom. The van der Waals surface area contributed by atoms with E-state index in [1.165, 1.54) is 0 Å². The second kappa shape index (κ2) is 7.55. The number of fused-ring (bicyclic) bond motifs is 1. The van der Waals surface area contributed by atoms with Crippen LogP contribution < -0.4 is 15.4 Å². The second-order valence-electron chi connectivity index (χ2n) is 6.57. The van der Waals surface area contributed by atoms with Gasteiger partial charge in [-0.25, -0.2) is 4.98 Å². The first kappa shape index (κ1) is 17.7. The van der Waals surface area contributed by atoms with Crippen molar-refractivity contribution in [2.45, 2.75) is 0 Å². The molecule has 3 aromatic heterocycles. The van der Waals surface area contributed by atoms with Crippen LogP contribution in [-0.4, -0.2) is 37.5 Å². The fourth-order valence-corrected chi connectivity index (χ4v) is 3.10. The van der Waals surface area contributed by atoms with Crippen LogP contribution in [0.2, 0.25) is 0 Å². The highest BCUT2D eigenvalue weighted by Gasteiger charge is 2.12. The summed E-state index contributed by atoms with van der Waals surface area (Å²) < 4.78 is 5.18. The molecule has 3 heterocycles. The molecule has 5 rings (SSSR count). The molecule has 30 heavy (non-hydrogen) atoms. The monoisotopic (exact) mass is 398 g/mol. The molecule has 9 nitrogen and oxygen atoms in total. The van der Waals surface area contributed by atoms with Crippen LogP contribution in [0.3, 0.4) is 0 Å². The van der Waals surface area contributed by atoms with E-state index in [1.807, 2.05) is 54.6 Å². The van der Waals surface area contributed by atoms with Crippen LogP contribution in [-0.2, 0) is 0 Å². The van der Waals surface area contributed by atoms with Crippen LogP contribution in [0, 0.1) is 0 Å². The Bertz CT molecular complexity index is 1290. The van der Waals surface area contributed by atoms with E-state index in [-0.39, 0.29) is 0 Å². The predicted octanol–water partition coefficient (Wildman–Crippen LogP) is 4.24. The Labute approximate surface area is 171 Å². The van der Waals surface area contributed by atoms with Crippen molar-refractivity contribution >= 4 is 34.0 Å². The topological polar surface area (TPSA) is 116 Å². The van der Waals surface area contributed by atoms with Gasteiger partial charge in [-0.15, -0.1) is 10.2 Å². The van der Waals surface area contributed by atoms with Gasteiger partial charge in [0, 0.05) is 23.0 Å². The molecule has 0 aliphatic heterocycles. The number of pyridine rings is 1. The highest BCUT2D eigenvalue weighted by Crippen LogP contribution is 2.28. The molecule has 0 unspecified atom stereocenters. The van der Waals surface area contributed by atoms with Gasteiger partial charge >= 0.3 is 0 Å². The zero-order valence-corrected chi connectivity index (χ0v) is 16.0. The summed E-state index contributed by atoms with van der Waals surface area (Å²) >= 11 is 0. The maximum absolute atomic E-state index is 5.18. The van der Waals surface area contributed by atoms with Gasteiger partial charge in [-0.1, -0.05) is 0 Å². The predicted molar refractivity (Wildman–Crippen MR) is 115 cm³/mol. The van der Waals surface area contributed by atoms with Crippen molar-refractivity contribution < 1.29 is 4.74 Å². The summed E-state index contributed by atoms with van der Waals surface area (Å²) in [7, 11) is 1.64. The third-order valence-electron chi connectivity index (χ3n) is 4.61. The van der Waals surface area contributed by atoms with Crippen molar-refractivity contribution in [2.24, 2.45) is 0 Å². The van der Waals surface area contributed by atoms with E-state index < -0.39 is 0 Å². The molecule has 0 spiro atoms. The molecular weight excluding hydrogens is 380 g/mol. The van der Waals surface area contributed by atoms with Gasteiger partial charge < -0.3 is 20.4 Å². The minimum atomic E-state index is 0.531. The summed E-state index contributed by atoms with van der Waals surface area (Å²) in [6.45, 7) is 0. The van der Waals surface area contributed by atoms with Crippen LogP contribution in [0.25, 0.3) is 22.3 Å². The summed E-state index contributed by atoms with van der Waals surface area (Å²) in [5.74, 6) is 2.59. The molecule has 4 N–H and O–H groups in total. The average molecular weight is 398 g/mol. The van der Waals surface area contributed by atoms with Gasteiger partial charge in [0.15, 0.2) is 5.82 Å². The number of hydrogen-bond acceptors (Lipinski definition) is 7. The van der Waals surface area contributed by atoms with E-state index >= 15 is 0 Å². The molecule has 9 heteroatoms. The first-order valence-electron chi connectivity index (χ1n) is 9.28. The number of nitrogens with zero attached hydrogens (tertiary/aromatic N) is 4. The van der Waals surface area contributed by atoms with E-state index in [2.05, 4.69) is 41.0 Å². The highest BCUT2D eigenvalue weighted by molar-refractivity contribution is 5.84. The number of methoxy groups -OCH3 is 1. The van der Waals surface area contributed by atoms with Crippen molar-refractivity contribution in [3.8, 4) is 17.1 Å².